The maximum atomic E-state index is 10.5. The Kier molecular flexibility index (Phi) is 2.03. The molecule has 1 aromatic heterocycles. The molecule has 0 bridgehead atoms. The number of hydrogen-bond acceptors (Lipinski definition) is 3. The van der Waals surface area contributed by atoms with Gasteiger partial charge in [-0.2, -0.15) is 5.10 Å². The normalized spacial score (nSPS) is 10.6. The molecule has 66 valence electrons. The Morgan fingerprint density at radius 1 is 1.75 bits per heavy atom. The zero-order valence-corrected chi connectivity index (χ0v) is 6.98. The van der Waals surface area contributed by atoms with E-state index in [9.17, 15) is 4.79 Å². The molecule has 0 saturated heterocycles. The van der Waals surface area contributed by atoms with Crippen molar-refractivity contribution < 1.29 is 9.90 Å². The number of rotatable bonds is 2. The molecule has 0 amide bonds. The van der Waals surface area contributed by atoms with Crippen LogP contribution in [0.25, 0.3) is 0 Å². The molecule has 0 aliphatic carbocycles. The van der Waals surface area contributed by atoms with Crippen molar-refractivity contribution in [2.45, 2.75) is 19.9 Å². The largest absolute Gasteiger partial charge is 0.476 e. The molecule has 5 heteroatoms. The summed E-state index contributed by atoms with van der Waals surface area (Å²) in [6.45, 7) is 3.80. The van der Waals surface area contributed by atoms with E-state index in [1.165, 1.54) is 10.9 Å². The third-order valence-corrected chi connectivity index (χ3v) is 1.49. The smallest absolute Gasteiger partial charge is 0.358 e. The SMILES string of the molecule is CC(C)n1cc(N)c(C(=O)O)n1. The van der Waals surface area contributed by atoms with Crippen LogP contribution in [0.4, 0.5) is 5.69 Å². The zero-order chi connectivity index (χ0) is 9.30. The summed E-state index contributed by atoms with van der Waals surface area (Å²) in [4.78, 5) is 10.5. The second kappa shape index (κ2) is 2.84. The van der Waals surface area contributed by atoms with Crippen LogP contribution in [0.5, 0.6) is 0 Å². The van der Waals surface area contributed by atoms with Gasteiger partial charge in [-0.25, -0.2) is 4.79 Å². The Morgan fingerprint density at radius 2 is 2.33 bits per heavy atom. The van der Waals surface area contributed by atoms with Gasteiger partial charge < -0.3 is 10.8 Å². The van der Waals surface area contributed by atoms with Gasteiger partial charge in [0.2, 0.25) is 0 Å². The van der Waals surface area contributed by atoms with Crippen LogP contribution >= 0.6 is 0 Å². The van der Waals surface area contributed by atoms with Crippen LogP contribution in [-0.2, 0) is 0 Å². The van der Waals surface area contributed by atoms with Crippen LogP contribution in [0, 0.1) is 0 Å². The lowest BCUT2D eigenvalue weighted by Crippen LogP contribution is -2.04. The van der Waals surface area contributed by atoms with Gasteiger partial charge in [0.25, 0.3) is 0 Å². The van der Waals surface area contributed by atoms with Gasteiger partial charge in [-0.05, 0) is 13.8 Å². The van der Waals surface area contributed by atoms with Gasteiger partial charge >= 0.3 is 5.97 Å². The molecule has 0 saturated carbocycles. The summed E-state index contributed by atoms with van der Waals surface area (Å²) in [6.07, 6.45) is 1.52. The van der Waals surface area contributed by atoms with Gasteiger partial charge in [-0.15, -0.1) is 0 Å². The van der Waals surface area contributed by atoms with Crippen LogP contribution in [0.1, 0.15) is 30.4 Å². The molecular weight excluding hydrogens is 158 g/mol. The summed E-state index contributed by atoms with van der Waals surface area (Å²) in [5, 5.41) is 12.4. The van der Waals surface area contributed by atoms with Gasteiger partial charge in [-0.3, -0.25) is 4.68 Å². The monoisotopic (exact) mass is 169 g/mol. The van der Waals surface area contributed by atoms with Crippen molar-refractivity contribution in [1.82, 2.24) is 9.78 Å². The molecule has 0 unspecified atom stereocenters. The number of carboxylic acid groups (broad SMARTS) is 1. The first kappa shape index (κ1) is 8.58. The van der Waals surface area contributed by atoms with Gasteiger partial charge in [0, 0.05) is 12.2 Å². The van der Waals surface area contributed by atoms with Crippen molar-refractivity contribution >= 4 is 11.7 Å². The molecule has 0 spiro atoms. The maximum Gasteiger partial charge on any atom is 0.358 e. The molecule has 0 atom stereocenters. The zero-order valence-electron chi connectivity index (χ0n) is 6.98. The first-order valence-corrected chi connectivity index (χ1v) is 3.60. The minimum Gasteiger partial charge on any atom is -0.476 e. The Hall–Kier alpha value is -1.52. The van der Waals surface area contributed by atoms with E-state index in [1.807, 2.05) is 13.8 Å². The van der Waals surface area contributed by atoms with E-state index in [0.717, 1.165) is 0 Å². The van der Waals surface area contributed by atoms with E-state index in [-0.39, 0.29) is 17.4 Å². The van der Waals surface area contributed by atoms with E-state index in [1.54, 1.807) is 0 Å². The highest BCUT2D eigenvalue weighted by molar-refractivity contribution is 5.91. The van der Waals surface area contributed by atoms with E-state index in [2.05, 4.69) is 5.10 Å². The van der Waals surface area contributed by atoms with Gasteiger partial charge in [-0.1, -0.05) is 0 Å². The number of carbonyl (C=O) groups is 1. The lowest BCUT2D eigenvalue weighted by atomic mass is 10.4. The molecule has 0 radical (unpaired) electrons. The van der Waals surface area contributed by atoms with Crippen LogP contribution in [0.3, 0.4) is 0 Å². The van der Waals surface area contributed by atoms with Crippen LogP contribution in [0.2, 0.25) is 0 Å². The number of carboxylic acids is 1. The van der Waals surface area contributed by atoms with Crippen molar-refractivity contribution in [3.8, 4) is 0 Å². The van der Waals surface area contributed by atoms with Crippen LogP contribution in [-0.4, -0.2) is 20.9 Å². The molecule has 0 aromatic carbocycles. The highest BCUT2D eigenvalue weighted by Gasteiger charge is 2.13. The number of hydrogen-bond donors (Lipinski definition) is 2. The standard InChI is InChI=1S/C7H11N3O2/c1-4(2)10-3-5(8)6(9-10)7(11)12/h3-4H,8H2,1-2H3,(H,11,12). The lowest BCUT2D eigenvalue weighted by molar-refractivity contribution is 0.0690. The van der Waals surface area contributed by atoms with Crippen molar-refractivity contribution in [1.29, 1.82) is 0 Å². The molecule has 0 aliphatic heterocycles. The average Bonchev–Trinajstić information content (AvgIpc) is 2.30. The highest BCUT2D eigenvalue weighted by Crippen LogP contribution is 2.12. The topological polar surface area (TPSA) is 81.1 Å². The Morgan fingerprint density at radius 3 is 2.58 bits per heavy atom. The van der Waals surface area contributed by atoms with Crippen molar-refractivity contribution in [2.75, 3.05) is 5.73 Å². The van der Waals surface area contributed by atoms with E-state index in [4.69, 9.17) is 10.8 Å². The molecule has 5 nitrogen and oxygen atoms in total. The minimum absolute atomic E-state index is 0.0799. The lowest BCUT2D eigenvalue weighted by Gasteiger charge is -2.02. The number of aromatic nitrogens is 2. The van der Waals surface area contributed by atoms with E-state index < -0.39 is 5.97 Å². The summed E-state index contributed by atoms with van der Waals surface area (Å²) in [6, 6.07) is 0.125. The van der Waals surface area contributed by atoms with Gasteiger partial charge in [0.1, 0.15) is 0 Å². The molecule has 12 heavy (non-hydrogen) atoms. The average molecular weight is 169 g/mol. The Bertz CT molecular complexity index is 304. The van der Waals surface area contributed by atoms with Gasteiger partial charge in [0.05, 0.1) is 5.69 Å². The number of nitrogens with zero attached hydrogens (tertiary/aromatic N) is 2. The molecule has 0 aliphatic rings. The number of aromatic carboxylic acids is 1. The molecular formula is C7H11N3O2. The summed E-state index contributed by atoms with van der Waals surface area (Å²) in [5.74, 6) is -1.09. The predicted molar refractivity (Wildman–Crippen MR) is 44.0 cm³/mol. The summed E-state index contributed by atoms with van der Waals surface area (Å²) in [5.41, 5.74) is 5.54. The summed E-state index contributed by atoms with van der Waals surface area (Å²) in [7, 11) is 0. The van der Waals surface area contributed by atoms with E-state index >= 15 is 0 Å². The number of nitrogen functional groups attached to an aromatic ring is 1. The quantitative estimate of drug-likeness (QED) is 0.684. The van der Waals surface area contributed by atoms with Crippen molar-refractivity contribution in [3.05, 3.63) is 11.9 Å². The first-order valence-electron chi connectivity index (χ1n) is 3.60. The van der Waals surface area contributed by atoms with Crippen molar-refractivity contribution in [2.24, 2.45) is 0 Å². The molecule has 1 aromatic rings. The number of nitrogens with two attached hydrogens (primary N) is 1. The Balaban J connectivity index is 3.09. The first-order chi connectivity index (χ1) is 5.52. The third-order valence-electron chi connectivity index (χ3n) is 1.49. The Labute approximate surface area is 69.8 Å². The minimum atomic E-state index is -1.09. The van der Waals surface area contributed by atoms with Crippen LogP contribution < -0.4 is 5.73 Å². The molecule has 1 heterocycles. The number of anilines is 1. The molecule has 0 fully saturated rings. The third kappa shape index (κ3) is 1.39. The fraction of sp³-hybridized carbons (Fsp3) is 0.429. The van der Waals surface area contributed by atoms with Crippen molar-refractivity contribution in [3.63, 3.8) is 0 Å². The highest BCUT2D eigenvalue weighted by atomic mass is 16.4. The summed E-state index contributed by atoms with van der Waals surface area (Å²) >= 11 is 0. The predicted octanol–water partition coefficient (Wildman–Crippen LogP) is 0.744. The van der Waals surface area contributed by atoms with Crippen LogP contribution in [0.15, 0.2) is 6.20 Å². The summed E-state index contributed by atoms with van der Waals surface area (Å²) < 4.78 is 1.53. The van der Waals surface area contributed by atoms with Gasteiger partial charge in [0.15, 0.2) is 5.69 Å². The fourth-order valence-corrected chi connectivity index (χ4v) is 0.837. The fourth-order valence-electron chi connectivity index (χ4n) is 0.837. The molecule has 3 N–H and O–H groups in total. The second-order valence-electron chi connectivity index (χ2n) is 2.81. The second-order valence-corrected chi connectivity index (χ2v) is 2.81. The molecule has 1 rings (SSSR count). The van der Waals surface area contributed by atoms with E-state index in [0.29, 0.717) is 0 Å². The maximum absolute atomic E-state index is 10.5.